The van der Waals surface area contributed by atoms with Crippen LogP contribution in [0.4, 0.5) is 11.4 Å². The average molecular weight is 310 g/mol. The number of rotatable bonds is 1. The van der Waals surface area contributed by atoms with E-state index in [2.05, 4.69) is 5.32 Å². The van der Waals surface area contributed by atoms with Crippen LogP contribution in [0.5, 0.6) is 0 Å². The van der Waals surface area contributed by atoms with Crippen molar-refractivity contribution in [2.45, 2.75) is 25.7 Å². The van der Waals surface area contributed by atoms with Crippen molar-refractivity contribution in [3.05, 3.63) is 23.8 Å². The number of anilines is 2. The topological polar surface area (TPSA) is 75.4 Å². The van der Waals surface area contributed by atoms with E-state index in [9.17, 15) is 9.59 Å². The zero-order valence-electron chi connectivity index (χ0n) is 11.8. The average Bonchev–Trinajstić information content (AvgIpc) is 2.46. The van der Waals surface area contributed by atoms with Crippen LogP contribution in [0.3, 0.4) is 0 Å². The van der Waals surface area contributed by atoms with Crippen molar-refractivity contribution >= 4 is 35.6 Å². The zero-order chi connectivity index (χ0) is 14.1. The molecule has 0 aliphatic carbocycles. The SMILES string of the molecule is Cl.Nc1cccc2c1CCCN2C(=O)C1CCNC(=O)C1. The minimum absolute atomic E-state index is 0. The number of benzene rings is 1. The van der Waals surface area contributed by atoms with Crippen molar-refractivity contribution in [1.82, 2.24) is 5.32 Å². The van der Waals surface area contributed by atoms with E-state index in [1.165, 1.54) is 0 Å². The Bertz CT molecular complexity index is 562. The van der Waals surface area contributed by atoms with Crippen LogP contribution in [0.25, 0.3) is 0 Å². The molecule has 0 radical (unpaired) electrons. The van der Waals surface area contributed by atoms with Crippen LogP contribution >= 0.6 is 12.4 Å². The number of carbonyl (C=O) groups excluding carboxylic acids is 2. The molecule has 114 valence electrons. The van der Waals surface area contributed by atoms with Gasteiger partial charge in [-0.2, -0.15) is 0 Å². The summed E-state index contributed by atoms with van der Waals surface area (Å²) in [7, 11) is 0. The van der Waals surface area contributed by atoms with Gasteiger partial charge in [0.25, 0.3) is 0 Å². The van der Waals surface area contributed by atoms with E-state index < -0.39 is 0 Å². The predicted molar refractivity (Wildman–Crippen MR) is 84.5 cm³/mol. The molecule has 2 heterocycles. The van der Waals surface area contributed by atoms with Crippen LogP contribution in [-0.4, -0.2) is 24.9 Å². The Balaban J connectivity index is 0.00000161. The summed E-state index contributed by atoms with van der Waals surface area (Å²) in [6, 6.07) is 5.71. The molecule has 3 rings (SSSR count). The second-order valence-corrected chi connectivity index (χ2v) is 5.48. The second-order valence-electron chi connectivity index (χ2n) is 5.48. The zero-order valence-corrected chi connectivity index (χ0v) is 12.6. The summed E-state index contributed by atoms with van der Waals surface area (Å²) in [6.45, 7) is 1.31. The molecule has 3 N–H and O–H groups in total. The van der Waals surface area contributed by atoms with Crippen LogP contribution < -0.4 is 16.0 Å². The summed E-state index contributed by atoms with van der Waals surface area (Å²) < 4.78 is 0. The number of fused-ring (bicyclic) bond motifs is 1. The first-order chi connectivity index (χ1) is 9.66. The number of amides is 2. The lowest BCUT2D eigenvalue weighted by molar-refractivity contribution is -0.130. The third-order valence-corrected chi connectivity index (χ3v) is 4.15. The van der Waals surface area contributed by atoms with Crippen LogP contribution in [0.15, 0.2) is 18.2 Å². The quantitative estimate of drug-likeness (QED) is 0.772. The van der Waals surface area contributed by atoms with Crippen molar-refractivity contribution in [3.8, 4) is 0 Å². The highest BCUT2D eigenvalue weighted by molar-refractivity contribution is 5.99. The van der Waals surface area contributed by atoms with Gasteiger partial charge in [-0.1, -0.05) is 6.07 Å². The first kappa shape index (κ1) is 15.6. The molecule has 21 heavy (non-hydrogen) atoms. The van der Waals surface area contributed by atoms with Crippen LogP contribution in [0, 0.1) is 5.92 Å². The summed E-state index contributed by atoms with van der Waals surface area (Å²) in [5.74, 6) is -0.165. The number of nitrogens with one attached hydrogen (secondary N) is 1. The molecular formula is C15H20ClN3O2. The highest BCUT2D eigenvalue weighted by Crippen LogP contribution is 2.33. The molecule has 0 spiro atoms. The molecule has 2 aliphatic rings. The Morgan fingerprint density at radius 3 is 2.95 bits per heavy atom. The van der Waals surface area contributed by atoms with Crippen molar-refractivity contribution in [3.63, 3.8) is 0 Å². The second kappa shape index (κ2) is 6.35. The Labute approximate surface area is 130 Å². The van der Waals surface area contributed by atoms with Crippen LogP contribution in [0.2, 0.25) is 0 Å². The number of nitrogens with two attached hydrogens (primary N) is 1. The number of carbonyl (C=O) groups is 2. The Morgan fingerprint density at radius 1 is 1.38 bits per heavy atom. The maximum atomic E-state index is 12.7. The summed E-state index contributed by atoms with van der Waals surface area (Å²) in [5.41, 5.74) is 8.74. The Kier molecular flexibility index (Phi) is 4.73. The van der Waals surface area contributed by atoms with Gasteiger partial charge in [-0.05, 0) is 37.0 Å². The smallest absolute Gasteiger partial charge is 0.230 e. The Morgan fingerprint density at radius 2 is 2.19 bits per heavy atom. The molecular weight excluding hydrogens is 290 g/mol. The van der Waals surface area contributed by atoms with E-state index in [1.807, 2.05) is 23.1 Å². The Hall–Kier alpha value is -1.75. The fourth-order valence-electron chi connectivity index (χ4n) is 3.10. The molecule has 1 atom stereocenters. The number of hydrogen-bond donors (Lipinski definition) is 2. The first-order valence-corrected chi connectivity index (χ1v) is 7.12. The molecule has 1 saturated heterocycles. The summed E-state index contributed by atoms with van der Waals surface area (Å²) >= 11 is 0. The minimum Gasteiger partial charge on any atom is -0.398 e. The molecule has 2 amide bonds. The third-order valence-electron chi connectivity index (χ3n) is 4.15. The molecule has 1 unspecified atom stereocenters. The van der Waals surface area contributed by atoms with Crippen LogP contribution in [-0.2, 0) is 16.0 Å². The van der Waals surface area contributed by atoms with Gasteiger partial charge in [0, 0.05) is 36.8 Å². The molecule has 0 aromatic heterocycles. The maximum Gasteiger partial charge on any atom is 0.230 e. The molecule has 0 bridgehead atoms. The van der Waals surface area contributed by atoms with Gasteiger partial charge in [0.15, 0.2) is 0 Å². The van der Waals surface area contributed by atoms with E-state index in [-0.39, 0.29) is 30.1 Å². The molecule has 6 heteroatoms. The molecule has 2 aliphatic heterocycles. The predicted octanol–water partition coefficient (Wildman–Crippen LogP) is 1.50. The standard InChI is InChI=1S/C15H19N3O2.ClH/c16-12-4-1-5-13-11(12)3-2-8-18(13)15(20)10-6-7-17-14(19)9-10;/h1,4-5,10H,2-3,6-9,16H2,(H,17,19);1H. The van der Waals surface area contributed by atoms with E-state index in [1.54, 1.807) is 0 Å². The molecule has 0 saturated carbocycles. The van der Waals surface area contributed by atoms with Gasteiger partial charge in [0.2, 0.25) is 11.8 Å². The fraction of sp³-hybridized carbons (Fsp3) is 0.467. The monoisotopic (exact) mass is 309 g/mol. The van der Waals surface area contributed by atoms with Gasteiger partial charge < -0.3 is 16.0 Å². The van der Waals surface area contributed by atoms with Gasteiger partial charge in [-0.25, -0.2) is 0 Å². The third kappa shape index (κ3) is 2.97. The van der Waals surface area contributed by atoms with E-state index in [4.69, 9.17) is 5.73 Å². The van der Waals surface area contributed by atoms with E-state index >= 15 is 0 Å². The van der Waals surface area contributed by atoms with Crippen molar-refractivity contribution in [1.29, 1.82) is 0 Å². The van der Waals surface area contributed by atoms with E-state index in [0.29, 0.717) is 19.5 Å². The minimum atomic E-state index is -0.198. The number of nitrogen functional groups attached to an aromatic ring is 1. The maximum absolute atomic E-state index is 12.7. The lowest BCUT2D eigenvalue weighted by Gasteiger charge is -2.34. The molecule has 5 nitrogen and oxygen atoms in total. The lowest BCUT2D eigenvalue weighted by Crippen LogP contribution is -2.45. The number of halogens is 1. The number of hydrogen-bond acceptors (Lipinski definition) is 3. The van der Waals surface area contributed by atoms with Crippen molar-refractivity contribution < 1.29 is 9.59 Å². The van der Waals surface area contributed by atoms with Gasteiger partial charge in [-0.3, -0.25) is 9.59 Å². The highest BCUT2D eigenvalue weighted by atomic mass is 35.5. The normalized spacial score (nSPS) is 21.0. The summed E-state index contributed by atoms with van der Waals surface area (Å²) in [6.07, 6.45) is 2.86. The van der Waals surface area contributed by atoms with Crippen LogP contribution in [0.1, 0.15) is 24.8 Å². The van der Waals surface area contributed by atoms with Gasteiger partial charge in [0.05, 0.1) is 0 Å². The first-order valence-electron chi connectivity index (χ1n) is 7.12. The lowest BCUT2D eigenvalue weighted by atomic mass is 9.93. The van der Waals surface area contributed by atoms with Gasteiger partial charge in [0.1, 0.15) is 0 Å². The van der Waals surface area contributed by atoms with Gasteiger partial charge in [-0.15, -0.1) is 12.4 Å². The molecule has 1 fully saturated rings. The van der Waals surface area contributed by atoms with Crippen molar-refractivity contribution in [2.75, 3.05) is 23.7 Å². The van der Waals surface area contributed by atoms with Gasteiger partial charge >= 0.3 is 0 Å². The number of piperidine rings is 1. The van der Waals surface area contributed by atoms with E-state index in [0.717, 1.165) is 36.2 Å². The highest BCUT2D eigenvalue weighted by Gasteiger charge is 2.32. The summed E-state index contributed by atoms with van der Waals surface area (Å²) in [4.78, 5) is 26.0. The number of nitrogens with zero attached hydrogens (tertiary/aromatic N) is 1. The molecule has 1 aromatic carbocycles. The largest absolute Gasteiger partial charge is 0.398 e. The fourth-order valence-corrected chi connectivity index (χ4v) is 3.10. The van der Waals surface area contributed by atoms with Crippen molar-refractivity contribution in [2.24, 2.45) is 5.92 Å². The summed E-state index contributed by atoms with van der Waals surface area (Å²) in [5, 5.41) is 2.77. The molecule has 1 aromatic rings.